The highest BCUT2D eigenvalue weighted by Gasteiger charge is 2.24. The Morgan fingerprint density at radius 1 is 1.25 bits per heavy atom. The van der Waals surface area contributed by atoms with Gasteiger partial charge in [-0.15, -0.1) is 0 Å². The summed E-state index contributed by atoms with van der Waals surface area (Å²) in [7, 11) is 1.45. The van der Waals surface area contributed by atoms with Crippen molar-refractivity contribution in [3.05, 3.63) is 28.3 Å². The second kappa shape index (κ2) is 8.63. The number of hydrogen-bond donors (Lipinski definition) is 1. The molecule has 1 aliphatic heterocycles. The number of methoxy groups -OCH3 is 1. The quantitative estimate of drug-likeness (QED) is 0.660. The van der Waals surface area contributed by atoms with E-state index >= 15 is 0 Å². The summed E-state index contributed by atoms with van der Waals surface area (Å²) in [6.45, 7) is 3.63. The van der Waals surface area contributed by atoms with Crippen LogP contribution < -0.4 is 10.1 Å². The topological polar surface area (TPSA) is 84.7 Å². The van der Waals surface area contributed by atoms with Crippen LogP contribution in [0.1, 0.15) is 39.0 Å². The number of ether oxygens (including phenoxy) is 1. The number of carbonyl (C=O) groups is 1. The zero-order valence-corrected chi connectivity index (χ0v) is 14.3. The van der Waals surface area contributed by atoms with Gasteiger partial charge >= 0.3 is 0 Å². The number of amides is 1. The lowest BCUT2D eigenvalue weighted by Crippen LogP contribution is -2.43. The molecule has 0 aromatic heterocycles. The molecule has 1 saturated heterocycles. The van der Waals surface area contributed by atoms with Crippen molar-refractivity contribution in [2.75, 3.05) is 25.5 Å². The number of carbonyl (C=O) groups excluding carboxylic acids is 1. The number of nitrogens with zero attached hydrogens (tertiary/aromatic N) is 2. The Kier molecular flexibility index (Phi) is 6.54. The van der Waals surface area contributed by atoms with E-state index in [0.29, 0.717) is 5.75 Å². The Labute approximate surface area is 142 Å². The summed E-state index contributed by atoms with van der Waals surface area (Å²) in [6.07, 6.45) is 5.80. The Bertz CT molecular complexity index is 583. The lowest BCUT2D eigenvalue weighted by molar-refractivity contribution is -0.384. The summed E-state index contributed by atoms with van der Waals surface area (Å²) in [4.78, 5) is 25.4. The fourth-order valence-electron chi connectivity index (χ4n) is 2.96. The fourth-order valence-corrected chi connectivity index (χ4v) is 2.96. The van der Waals surface area contributed by atoms with Crippen LogP contribution >= 0.6 is 0 Å². The molecule has 1 heterocycles. The predicted octanol–water partition coefficient (Wildman–Crippen LogP) is 3.20. The third-order valence-corrected chi connectivity index (χ3v) is 4.48. The van der Waals surface area contributed by atoms with E-state index in [1.54, 1.807) is 6.07 Å². The van der Waals surface area contributed by atoms with E-state index in [-0.39, 0.29) is 23.3 Å². The van der Waals surface area contributed by atoms with Crippen LogP contribution in [0.2, 0.25) is 0 Å². The highest BCUT2D eigenvalue weighted by molar-refractivity contribution is 5.96. The number of hydrogen-bond acceptors (Lipinski definition) is 5. The van der Waals surface area contributed by atoms with Crippen molar-refractivity contribution in [2.24, 2.45) is 0 Å². The molecule has 7 heteroatoms. The first-order valence-corrected chi connectivity index (χ1v) is 8.40. The number of anilines is 1. The normalized spacial score (nSPS) is 17.4. The Morgan fingerprint density at radius 2 is 1.88 bits per heavy atom. The summed E-state index contributed by atoms with van der Waals surface area (Å²) in [5, 5.41) is 13.9. The molecule has 0 radical (unpaired) electrons. The number of nitro groups is 1. The fraction of sp³-hybridized carbons (Fsp3) is 0.588. The third kappa shape index (κ3) is 4.67. The molecule has 1 aliphatic rings. The molecular formula is C17H25N3O4. The van der Waals surface area contributed by atoms with Crippen molar-refractivity contribution in [1.82, 2.24) is 4.90 Å². The lowest BCUT2D eigenvalue weighted by Gasteiger charge is -2.29. The number of likely N-dealkylation sites (tertiary alicyclic amines) is 1. The van der Waals surface area contributed by atoms with E-state index in [1.165, 1.54) is 38.5 Å². The Morgan fingerprint density at radius 3 is 2.46 bits per heavy atom. The van der Waals surface area contributed by atoms with Gasteiger partial charge in [0.15, 0.2) is 0 Å². The van der Waals surface area contributed by atoms with Crippen molar-refractivity contribution in [3.63, 3.8) is 0 Å². The second-order valence-corrected chi connectivity index (χ2v) is 6.11. The van der Waals surface area contributed by atoms with Gasteiger partial charge in [0.05, 0.1) is 24.1 Å². The number of rotatable bonds is 5. The summed E-state index contributed by atoms with van der Waals surface area (Å²) in [5.74, 6) is 0.167. The van der Waals surface area contributed by atoms with Crippen LogP contribution in [0.4, 0.5) is 11.4 Å². The average molecular weight is 335 g/mol. The molecule has 0 saturated carbocycles. The number of nitro benzene ring substituents is 1. The molecule has 0 unspecified atom stereocenters. The molecule has 132 valence electrons. The van der Waals surface area contributed by atoms with Crippen LogP contribution in [0.25, 0.3) is 0 Å². The van der Waals surface area contributed by atoms with Crippen LogP contribution in [0, 0.1) is 10.1 Å². The first kappa shape index (κ1) is 18.2. The van der Waals surface area contributed by atoms with Crippen LogP contribution in [0.15, 0.2) is 18.2 Å². The van der Waals surface area contributed by atoms with Crippen molar-refractivity contribution >= 4 is 17.3 Å². The van der Waals surface area contributed by atoms with Gasteiger partial charge in [0.25, 0.3) is 5.69 Å². The lowest BCUT2D eigenvalue weighted by atomic mass is 10.1. The summed E-state index contributed by atoms with van der Waals surface area (Å²) in [5.41, 5.74) is 0.0345. The third-order valence-electron chi connectivity index (χ3n) is 4.48. The predicted molar refractivity (Wildman–Crippen MR) is 92.4 cm³/mol. The maximum absolute atomic E-state index is 12.5. The molecule has 1 aromatic rings. The van der Waals surface area contributed by atoms with Gasteiger partial charge in [-0.3, -0.25) is 19.8 Å². The average Bonchev–Trinajstić information content (AvgIpc) is 2.54. The molecule has 2 rings (SSSR count). The van der Waals surface area contributed by atoms with Crippen LogP contribution in [0.5, 0.6) is 5.75 Å². The van der Waals surface area contributed by atoms with E-state index in [9.17, 15) is 14.9 Å². The van der Waals surface area contributed by atoms with Crippen molar-refractivity contribution in [3.8, 4) is 5.75 Å². The molecule has 1 N–H and O–H groups in total. The first-order chi connectivity index (χ1) is 11.5. The van der Waals surface area contributed by atoms with E-state index in [4.69, 9.17) is 4.74 Å². The van der Waals surface area contributed by atoms with Crippen LogP contribution in [-0.4, -0.2) is 42.0 Å². The number of nitrogens with one attached hydrogen (secondary N) is 1. The van der Waals surface area contributed by atoms with Gasteiger partial charge in [-0.2, -0.15) is 0 Å². The van der Waals surface area contributed by atoms with Crippen LogP contribution in [-0.2, 0) is 4.79 Å². The highest BCUT2D eigenvalue weighted by Crippen LogP contribution is 2.29. The monoisotopic (exact) mass is 335 g/mol. The second-order valence-electron chi connectivity index (χ2n) is 6.11. The van der Waals surface area contributed by atoms with Crippen LogP contribution in [0.3, 0.4) is 0 Å². The molecule has 1 aromatic carbocycles. The van der Waals surface area contributed by atoms with Gasteiger partial charge in [-0.05, 0) is 45.0 Å². The van der Waals surface area contributed by atoms with E-state index in [1.807, 2.05) is 6.92 Å². The maximum Gasteiger partial charge on any atom is 0.296 e. The van der Waals surface area contributed by atoms with Gasteiger partial charge in [0.1, 0.15) is 11.4 Å². The number of benzene rings is 1. The largest absolute Gasteiger partial charge is 0.496 e. The molecule has 1 fully saturated rings. The molecule has 0 spiro atoms. The Hall–Kier alpha value is -2.15. The highest BCUT2D eigenvalue weighted by atomic mass is 16.6. The van der Waals surface area contributed by atoms with Gasteiger partial charge < -0.3 is 10.1 Å². The van der Waals surface area contributed by atoms with Crippen molar-refractivity contribution in [2.45, 2.75) is 45.1 Å². The molecule has 1 atom stereocenters. The summed E-state index contributed by atoms with van der Waals surface area (Å²) in [6, 6.07) is 4.11. The standard InChI is InChI=1S/C17H25N3O4/c1-13(19-10-6-4-3-5-7-11-19)17(21)18-15-9-8-14(24-2)12-16(15)20(22)23/h8-9,12-13H,3-7,10-11H2,1-2H3,(H,18,21)/t13-/m0/s1. The Balaban J connectivity index is 2.08. The summed E-state index contributed by atoms with van der Waals surface area (Å²) >= 11 is 0. The zero-order valence-electron chi connectivity index (χ0n) is 14.3. The first-order valence-electron chi connectivity index (χ1n) is 8.40. The molecule has 1 amide bonds. The molecular weight excluding hydrogens is 310 g/mol. The van der Waals surface area contributed by atoms with Gasteiger partial charge in [0.2, 0.25) is 5.91 Å². The molecule has 0 bridgehead atoms. The minimum atomic E-state index is -0.515. The van der Waals surface area contributed by atoms with Gasteiger partial charge in [0, 0.05) is 0 Å². The van der Waals surface area contributed by atoms with Crippen molar-refractivity contribution in [1.29, 1.82) is 0 Å². The zero-order chi connectivity index (χ0) is 17.5. The van der Waals surface area contributed by atoms with E-state index < -0.39 is 4.92 Å². The van der Waals surface area contributed by atoms with E-state index in [0.717, 1.165) is 25.9 Å². The SMILES string of the molecule is COc1ccc(NC(=O)[C@H](C)N2CCCCCCC2)c([N+](=O)[O-])c1. The van der Waals surface area contributed by atoms with E-state index in [2.05, 4.69) is 10.2 Å². The maximum atomic E-state index is 12.5. The molecule has 7 nitrogen and oxygen atoms in total. The van der Waals surface area contributed by atoms with Crippen molar-refractivity contribution < 1.29 is 14.5 Å². The summed E-state index contributed by atoms with van der Waals surface area (Å²) < 4.78 is 5.01. The smallest absolute Gasteiger partial charge is 0.296 e. The van der Waals surface area contributed by atoms with Gasteiger partial charge in [-0.1, -0.05) is 19.3 Å². The minimum Gasteiger partial charge on any atom is -0.496 e. The molecule has 0 aliphatic carbocycles. The van der Waals surface area contributed by atoms with Gasteiger partial charge in [-0.25, -0.2) is 0 Å². The minimum absolute atomic E-state index is 0.164. The molecule has 24 heavy (non-hydrogen) atoms.